The van der Waals surface area contributed by atoms with Gasteiger partial charge < -0.3 is 15.8 Å². The third kappa shape index (κ3) is 3.35. The molecule has 0 aliphatic heterocycles. The van der Waals surface area contributed by atoms with Crippen LogP contribution in [-0.4, -0.2) is 25.1 Å². The molecule has 0 radical (unpaired) electrons. The van der Waals surface area contributed by atoms with Crippen molar-refractivity contribution in [2.24, 2.45) is 11.7 Å². The Balaban J connectivity index is 2.21. The van der Waals surface area contributed by atoms with E-state index in [0.29, 0.717) is 12.5 Å². The maximum atomic E-state index is 14.0. The molecule has 116 valence electrons. The molecule has 3 N–H and O–H groups in total. The summed E-state index contributed by atoms with van der Waals surface area (Å²) < 4.78 is 19.0. The first-order valence-electron chi connectivity index (χ1n) is 7.36. The molecule has 1 aromatic carbocycles. The Labute approximate surface area is 124 Å². The molecule has 21 heavy (non-hydrogen) atoms. The van der Waals surface area contributed by atoms with Crippen molar-refractivity contribution in [1.29, 1.82) is 0 Å². The van der Waals surface area contributed by atoms with E-state index in [1.807, 2.05) is 0 Å². The molecular formula is C16H23FN2O2. The first-order chi connectivity index (χ1) is 10.0. The van der Waals surface area contributed by atoms with Crippen molar-refractivity contribution < 1.29 is 13.9 Å². The molecule has 2 rings (SSSR count). The Hall–Kier alpha value is -1.62. The summed E-state index contributed by atoms with van der Waals surface area (Å²) in [5.41, 5.74) is 5.40. The van der Waals surface area contributed by atoms with Crippen molar-refractivity contribution in [3.63, 3.8) is 0 Å². The van der Waals surface area contributed by atoms with Crippen LogP contribution in [0.15, 0.2) is 18.2 Å². The number of hydrogen-bond acceptors (Lipinski definition) is 3. The van der Waals surface area contributed by atoms with E-state index in [2.05, 4.69) is 12.2 Å². The third-order valence-corrected chi connectivity index (χ3v) is 4.42. The molecule has 0 unspecified atom stereocenters. The van der Waals surface area contributed by atoms with E-state index in [1.165, 1.54) is 19.2 Å². The highest BCUT2D eigenvalue weighted by Crippen LogP contribution is 2.32. The molecule has 1 fully saturated rings. The third-order valence-electron chi connectivity index (χ3n) is 4.42. The summed E-state index contributed by atoms with van der Waals surface area (Å²) in [5.74, 6) is -0.151. The fourth-order valence-electron chi connectivity index (χ4n) is 2.89. The molecule has 0 spiro atoms. The van der Waals surface area contributed by atoms with Gasteiger partial charge in [0.25, 0.3) is 5.91 Å². The van der Waals surface area contributed by atoms with Crippen molar-refractivity contribution in [2.45, 2.75) is 38.1 Å². The lowest BCUT2D eigenvalue weighted by Gasteiger charge is -2.39. The molecule has 1 amide bonds. The predicted molar refractivity (Wildman–Crippen MR) is 79.8 cm³/mol. The smallest absolute Gasteiger partial charge is 0.258 e. The fraction of sp³-hybridized carbons (Fsp3) is 0.562. The van der Waals surface area contributed by atoms with Gasteiger partial charge in [-0.15, -0.1) is 0 Å². The largest absolute Gasteiger partial charge is 0.496 e. The summed E-state index contributed by atoms with van der Waals surface area (Å²) in [6.07, 6.45) is 3.69. The molecule has 1 aromatic rings. The number of carbonyl (C=O) groups is 1. The first kappa shape index (κ1) is 15.8. The zero-order valence-electron chi connectivity index (χ0n) is 12.6. The van der Waals surface area contributed by atoms with Crippen LogP contribution in [0.1, 0.15) is 43.0 Å². The van der Waals surface area contributed by atoms with Crippen LogP contribution in [0.4, 0.5) is 4.39 Å². The lowest BCUT2D eigenvalue weighted by Crippen LogP contribution is -2.55. The van der Waals surface area contributed by atoms with Crippen LogP contribution in [0, 0.1) is 11.7 Å². The van der Waals surface area contributed by atoms with Crippen molar-refractivity contribution in [3.8, 4) is 5.75 Å². The number of amides is 1. The maximum absolute atomic E-state index is 14.0. The zero-order valence-corrected chi connectivity index (χ0v) is 12.6. The van der Waals surface area contributed by atoms with Gasteiger partial charge in [-0.05, 0) is 43.7 Å². The molecule has 0 saturated heterocycles. The topological polar surface area (TPSA) is 64.3 Å². The van der Waals surface area contributed by atoms with Crippen LogP contribution in [0.5, 0.6) is 5.75 Å². The second kappa shape index (κ2) is 6.43. The highest BCUT2D eigenvalue weighted by atomic mass is 19.1. The molecule has 0 heterocycles. The van der Waals surface area contributed by atoms with Gasteiger partial charge in [-0.3, -0.25) is 4.79 Å². The van der Waals surface area contributed by atoms with Gasteiger partial charge in [0.2, 0.25) is 0 Å². The molecule has 0 bridgehead atoms. The van der Waals surface area contributed by atoms with Crippen LogP contribution in [-0.2, 0) is 0 Å². The molecule has 5 heteroatoms. The quantitative estimate of drug-likeness (QED) is 0.896. The van der Waals surface area contributed by atoms with Gasteiger partial charge in [0.15, 0.2) is 0 Å². The SMILES string of the molecule is COc1cccc(F)c1C(=O)NC1(CN)CCC(C)CC1. The van der Waals surface area contributed by atoms with E-state index >= 15 is 0 Å². The van der Waals surface area contributed by atoms with Gasteiger partial charge in [0.1, 0.15) is 17.1 Å². The molecule has 1 aliphatic rings. The monoisotopic (exact) mass is 294 g/mol. The number of nitrogens with two attached hydrogens (primary N) is 1. The Kier molecular flexibility index (Phi) is 4.83. The van der Waals surface area contributed by atoms with Crippen LogP contribution in [0.2, 0.25) is 0 Å². The molecular weight excluding hydrogens is 271 g/mol. The number of carbonyl (C=O) groups excluding carboxylic acids is 1. The summed E-state index contributed by atoms with van der Waals surface area (Å²) in [4.78, 5) is 12.5. The zero-order chi connectivity index (χ0) is 15.5. The van der Waals surface area contributed by atoms with Crippen molar-refractivity contribution in [2.75, 3.05) is 13.7 Å². The number of rotatable bonds is 4. The van der Waals surface area contributed by atoms with E-state index in [1.54, 1.807) is 6.07 Å². The second-order valence-electron chi connectivity index (χ2n) is 5.94. The standard InChI is InChI=1S/C16H23FN2O2/c1-11-6-8-16(10-18,9-7-11)19-15(20)14-12(17)4-3-5-13(14)21-2/h3-5,11H,6-10,18H2,1-2H3,(H,19,20). The Morgan fingerprint density at radius 3 is 2.71 bits per heavy atom. The van der Waals surface area contributed by atoms with Gasteiger partial charge in [-0.1, -0.05) is 13.0 Å². The van der Waals surface area contributed by atoms with Crippen LogP contribution in [0.3, 0.4) is 0 Å². The van der Waals surface area contributed by atoms with E-state index in [-0.39, 0.29) is 11.3 Å². The summed E-state index contributed by atoms with van der Waals surface area (Å²) >= 11 is 0. The highest BCUT2D eigenvalue weighted by Gasteiger charge is 2.35. The molecule has 1 aliphatic carbocycles. The Morgan fingerprint density at radius 1 is 1.48 bits per heavy atom. The van der Waals surface area contributed by atoms with Crippen LogP contribution in [0.25, 0.3) is 0 Å². The van der Waals surface area contributed by atoms with E-state index in [0.717, 1.165) is 25.7 Å². The molecule has 0 atom stereocenters. The van der Waals surface area contributed by atoms with Gasteiger partial charge in [0, 0.05) is 6.54 Å². The van der Waals surface area contributed by atoms with E-state index < -0.39 is 17.3 Å². The minimum atomic E-state index is -0.580. The Bertz CT molecular complexity index is 511. The van der Waals surface area contributed by atoms with Crippen LogP contribution < -0.4 is 15.8 Å². The normalized spacial score (nSPS) is 25.4. The number of halogens is 1. The molecule has 4 nitrogen and oxygen atoms in total. The van der Waals surface area contributed by atoms with Crippen molar-refractivity contribution in [1.82, 2.24) is 5.32 Å². The molecule has 1 saturated carbocycles. The number of hydrogen-bond donors (Lipinski definition) is 2. The summed E-state index contributed by atoms with van der Waals surface area (Å²) in [6.45, 7) is 2.56. The van der Waals surface area contributed by atoms with E-state index in [4.69, 9.17) is 10.5 Å². The van der Waals surface area contributed by atoms with Gasteiger partial charge in [-0.2, -0.15) is 0 Å². The van der Waals surface area contributed by atoms with Crippen LogP contribution >= 0.6 is 0 Å². The van der Waals surface area contributed by atoms with E-state index in [9.17, 15) is 9.18 Å². The van der Waals surface area contributed by atoms with Crippen molar-refractivity contribution >= 4 is 5.91 Å². The lowest BCUT2D eigenvalue weighted by molar-refractivity contribution is 0.0852. The summed E-state index contributed by atoms with van der Waals surface area (Å²) in [6, 6.07) is 4.36. The van der Waals surface area contributed by atoms with Gasteiger partial charge in [0.05, 0.1) is 12.6 Å². The average Bonchev–Trinajstić information content (AvgIpc) is 2.49. The fourth-order valence-corrected chi connectivity index (χ4v) is 2.89. The van der Waals surface area contributed by atoms with Gasteiger partial charge >= 0.3 is 0 Å². The number of nitrogens with one attached hydrogen (secondary N) is 1. The Morgan fingerprint density at radius 2 is 2.14 bits per heavy atom. The number of benzene rings is 1. The maximum Gasteiger partial charge on any atom is 0.258 e. The average molecular weight is 294 g/mol. The summed E-state index contributed by atoms with van der Waals surface area (Å²) in [5, 5.41) is 2.95. The summed E-state index contributed by atoms with van der Waals surface area (Å²) in [7, 11) is 1.42. The molecule has 0 aromatic heterocycles. The minimum absolute atomic E-state index is 0.0496. The number of methoxy groups -OCH3 is 1. The predicted octanol–water partition coefficient (Wildman–Crippen LogP) is 2.47. The second-order valence-corrected chi connectivity index (χ2v) is 5.94. The minimum Gasteiger partial charge on any atom is -0.496 e. The highest BCUT2D eigenvalue weighted by molar-refractivity contribution is 5.97. The first-order valence-corrected chi connectivity index (χ1v) is 7.36. The lowest BCUT2D eigenvalue weighted by atomic mass is 9.77. The number of ether oxygens (including phenoxy) is 1. The van der Waals surface area contributed by atoms with Gasteiger partial charge in [-0.25, -0.2) is 4.39 Å². The van der Waals surface area contributed by atoms with Crippen molar-refractivity contribution in [3.05, 3.63) is 29.6 Å².